The van der Waals surface area contributed by atoms with Crippen LogP contribution in [0.3, 0.4) is 0 Å². The molecule has 0 saturated heterocycles. The third-order valence-corrected chi connectivity index (χ3v) is 3.27. The number of carbonyl (C=O) groups excluding carboxylic acids is 2. The van der Waals surface area contributed by atoms with Crippen LogP contribution < -0.4 is 4.74 Å². The summed E-state index contributed by atoms with van der Waals surface area (Å²) in [7, 11) is 1.57. The van der Waals surface area contributed by atoms with Crippen LogP contribution in [0.15, 0.2) is 47.1 Å². The fourth-order valence-corrected chi connectivity index (χ4v) is 2.18. The minimum absolute atomic E-state index is 0.0281. The lowest BCUT2D eigenvalue weighted by Gasteiger charge is -2.15. The highest BCUT2D eigenvalue weighted by molar-refractivity contribution is 6.00. The lowest BCUT2D eigenvalue weighted by Crippen LogP contribution is -2.18. The van der Waals surface area contributed by atoms with Gasteiger partial charge in [-0.25, -0.2) is 0 Å². The number of hydrogen-bond donors (Lipinski definition) is 0. The molecule has 0 N–H and O–H groups in total. The molecule has 5 heteroatoms. The van der Waals surface area contributed by atoms with Crippen molar-refractivity contribution in [3.63, 3.8) is 0 Å². The molecular formula is C17H18O5. The third kappa shape index (κ3) is 3.75. The number of furan rings is 1. The average Bonchev–Trinajstić information content (AvgIpc) is 3.07. The van der Waals surface area contributed by atoms with Gasteiger partial charge >= 0.3 is 5.97 Å². The van der Waals surface area contributed by atoms with Gasteiger partial charge in [0, 0.05) is 0 Å². The molecule has 0 fully saturated rings. The normalized spacial score (nSPS) is 11.7. The van der Waals surface area contributed by atoms with E-state index in [0.717, 1.165) is 5.56 Å². The molecule has 1 heterocycles. The van der Waals surface area contributed by atoms with Gasteiger partial charge in [-0.2, -0.15) is 0 Å². The zero-order valence-electron chi connectivity index (χ0n) is 12.6. The summed E-state index contributed by atoms with van der Waals surface area (Å²) < 4.78 is 15.2. The number of carbonyl (C=O) groups is 2. The van der Waals surface area contributed by atoms with Crippen molar-refractivity contribution in [3.8, 4) is 5.75 Å². The van der Waals surface area contributed by atoms with Crippen molar-refractivity contribution in [1.29, 1.82) is 0 Å². The topological polar surface area (TPSA) is 65.7 Å². The van der Waals surface area contributed by atoms with Crippen LogP contribution in [-0.4, -0.2) is 25.5 Å². The van der Waals surface area contributed by atoms with Crippen LogP contribution in [0.2, 0.25) is 0 Å². The van der Waals surface area contributed by atoms with E-state index in [1.807, 2.05) is 0 Å². The molecule has 0 aliphatic heterocycles. The fraction of sp³-hybridized carbons (Fsp3) is 0.294. The van der Waals surface area contributed by atoms with E-state index < -0.39 is 11.9 Å². The Morgan fingerprint density at radius 1 is 1.18 bits per heavy atom. The van der Waals surface area contributed by atoms with Crippen molar-refractivity contribution in [2.24, 2.45) is 0 Å². The lowest BCUT2D eigenvalue weighted by molar-refractivity contribution is -0.143. The van der Waals surface area contributed by atoms with E-state index in [1.54, 1.807) is 50.4 Å². The maximum absolute atomic E-state index is 12.6. The molecule has 0 saturated carbocycles. The number of ketones is 1. The Bertz CT molecular complexity index is 613. The molecule has 5 nitrogen and oxygen atoms in total. The van der Waals surface area contributed by atoms with E-state index >= 15 is 0 Å². The molecule has 0 amide bonds. The van der Waals surface area contributed by atoms with Gasteiger partial charge in [0.2, 0.25) is 5.78 Å². The minimum Gasteiger partial charge on any atom is -0.497 e. The molecule has 0 spiro atoms. The maximum atomic E-state index is 12.6. The highest BCUT2D eigenvalue weighted by Gasteiger charge is 2.27. The van der Waals surface area contributed by atoms with E-state index in [-0.39, 0.29) is 24.6 Å². The molecule has 0 aliphatic rings. The largest absolute Gasteiger partial charge is 0.497 e. The Labute approximate surface area is 128 Å². The summed E-state index contributed by atoms with van der Waals surface area (Å²) in [5, 5.41) is 0. The van der Waals surface area contributed by atoms with Crippen LogP contribution >= 0.6 is 0 Å². The van der Waals surface area contributed by atoms with Crippen molar-refractivity contribution < 1.29 is 23.5 Å². The minimum atomic E-state index is -0.642. The van der Waals surface area contributed by atoms with Gasteiger partial charge in [0.05, 0.1) is 32.3 Å². The van der Waals surface area contributed by atoms with Crippen molar-refractivity contribution in [3.05, 3.63) is 54.0 Å². The Balaban J connectivity index is 2.27. The standard InChI is InChI=1S/C17H18O5/c1-3-21-16(18)11-14(17(19)15-5-4-10-22-15)12-6-8-13(20-2)9-7-12/h4-10,14H,3,11H2,1-2H3. The molecule has 0 aliphatic carbocycles. The predicted octanol–water partition coefficient (Wildman–Crippen LogP) is 3.21. The van der Waals surface area contributed by atoms with Gasteiger partial charge < -0.3 is 13.9 Å². The molecule has 2 rings (SSSR count). The first-order chi connectivity index (χ1) is 10.7. The Kier molecular flexibility index (Phi) is 5.36. The summed E-state index contributed by atoms with van der Waals surface area (Å²) in [6.45, 7) is 2.01. The van der Waals surface area contributed by atoms with Gasteiger partial charge in [0.25, 0.3) is 0 Å². The van der Waals surface area contributed by atoms with E-state index in [1.165, 1.54) is 6.26 Å². The van der Waals surface area contributed by atoms with Crippen LogP contribution in [0.5, 0.6) is 5.75 Å². The molecular weight excluding hydrogens is 284 g/mol. The zero-order chi connectivity index (χ0) is 15.9. The first-order valence-electron chi connectivity index (χ1n) is 7.03. The summed E-state index contributed by atoms with van der Waals surface area (Å²) in [6.07, 6.45) is 1.41. The van der Waals surface area contributed by atoms with Gasteiger partial charge in [-0.05, 0) is 36.8 Å². The molecule has 2 aromatic rings. The summed E-state index contributed by atoms with van der Waals surface area (Å²) in [5.41, 5.74) is 0.718. The van der Waals surface area contributed by atoms with Crippen molar-refractivity contribution in [2.75, 3.05) is 13.7 Å². The lowest BCUT2D eigenvalue weighted by atomic mass is 9.90. The van der Waals surface area contributed by atoms with Gasteiger partial charge in [-0.1, -0.05) is 12.1 Å². The summed E-state index contributed by atoms with van der Waals surface area (Å²) >= 11 is 0. The monoisotopic (exact) mass is 302 g/mol. The first kappa shape index (κ1) is 15.8. The second-order valence-electron chi connectivity index (χ2n) is 4.68. The summed E-state index contributed by atoms with van der Waals surface area (Å²) in [6, 6.07) is 10.3. The van der Waals surface area contributed by atoms with Crippen LogP contribution in [0, 0.1) is 0 Å². The SMILES string of the molecule is CCOC(=O)CC(C(=O)c1ccco1)c1ccc(OC)cc1. The summed E-state index contributed by atoms with van der Waals surface area (Å²) in [4.78, 5) is 24.4. The zero-order valence-corrected chi connectivity index (χ0v) is 12.6. The number of ether oxygens (including phenoxy) is 2. The number of rotatable bonds is 7. The van der Waals surface area contributed by atoms with Crippen LogP contribution in [0.4, 0.5) is 0 Å². The average molecular weight is 302 g/mol. The highest BCUT2D eigenvalue weighted by atomic mass is 16.5. The highest BCUT2D eigenvalue weighted by Crippen LogP contribution is 2.27. The molecule has 1 unspecified atom stereocenters. The molecule has 0 radical (unpaired) electrons. The third-order valence-electron chi connectivity index (χ3n) is 3.27. The van der Waals surface area contributed by atoms with Gasteiger partial charge in [-0.15, -0.1) is 0 Å². The molecule has 1 aromatic carbocycles. The fourth-order valence-electron chi connectivity index (χ4n) is 2.18. The maximum Gasteiger partial charge on any atom is 0.306 e. The second kappa shape index (κ2) is 7.45. The van der Waals surface area contributed by atoms with Crippen molar-refractivity contribution in [1.82, 2.24) is 0 Å². The van der Waals surface area contributed by atoms with Crippen LogP contribution in [-0.2, 0) is 9.53 Å². The molecule has 0 bridgehead atoms. The summed E-state index contributed by atoms with van der Waals surface area (Å²) in [5.74, 6) is -0.392. The van der Waals surface area contributed by atoms with E-state index in [0.29, 0.717) is 5.75 Å². The number of benzene rings is 1. The van der Waals surface area contributed by atoms with Gasteiger partial charge in [0.15, 0.2) is 5.76 Å². The van der Waals surface area contributed by atoms with E-state index in [9.17, 15) is 9.59 Å². The van der Waals surface area contributed by atoms with E-state index in [4.69, 9.17) is 13.9 Å². The molecule has 116 valence electrons. The van der Waals surface area contributed by atoms with E-state index in [2.05, 4.69) is 0 Å². The molecule has 22 heavy (non-hydrogen) atoms. The Hall–Kier alpha value is -2.56. The molecule has 1 atom stereocenters. The van der Waals surface area contributed by atoms with Crippen molar-refractivity contribution >= 4 is 11.8 Å². The van der Waals surface area contributed by atoms with Gasteiger partial charge in [0.1, 0.15) is 5.75 Å². The quantitative estimate of drug-likeness (QED) is 0.580. The Morgan fingerprint density at radius 2 is 1.91 bits per heavy atom. The van der Waals surface area contributed by atoms with Crippen LogP contribution in [0.25, 0.3) is 0 Å². The number of methoxy groups -OCH3 is 1. The van der Waals surface area contributed by atoms with Crippen LogP contribution in [0.1, 0.15) is 35.4 Å². The number of hydrogen-bond acceptors (Lipinski definition) is 5. The number of Topliss-reactive ketones (excluding diaryl/α,β-unsaturated/α-hetero) is 1. The molecule has 1 aromatic heterocycles. The number of esters is 1. The smallest absolute Gasteiger partial charge is 0.306 e. The first-order valence-corrected chi connectivity index (χ1v) is 7.03. The predicted molar refractivity (Wildman–Crippen MR) is 80.0 cm³/mol. The second-order valence-corrected chi connectivity index (χ2v) is 4.68. The Morgan fingerprint density at radius 3 is 2.45 bits per heavy atom. The van der Waals surface area contributed by atoms with Crippen molar-refractivity contribution in [2.45, 2.75) is 19.3 Å². The van der Waals surface area contributed by atoms with Gasteiger partial charge in [-0.3, -0.25) is 9.59 Å².